The maximum absolute atomic E-state index is 12.5. The van der Waals surface area contributed by atoms with Gasteiger partial charge >= 0.3 is 5.91 Å². The lowest BCUT2D eigenvalue weighted by Gasteiger charge is -2.25. The molecule has 110 valence electrons. The molecule has 0 radical (unpaired) electrons. The van der Waals surface area contributed by atoms with E-state index in [1.807, 2.05) is 12.1 Å². The average Bonchev–Trinajstić information content (AvgIpc) is 2.53. The summed E-state index contributed by atoms with van der Waals surface area (Å²) >= 11 is 0. The van der Waals surface area contributed by atoms with Gasteiger partial charge in [-0.05, 0) is 29.7 Å². The SMILES string of the molecule is CC(C)c1ccc(N2C(=O)C(=O)c3ccccc3C2=O)cc1. The molecule has 0 aromatic heterocycles. The van der Waals surface area contributed by atoms with Gasteiger partial charge in [-0.3, -0.25) is 14.4 Å². The number of ketones is 1. The molecule has 0 saturated heterocycles. The third-order valence-electron chi connectivity index (χ3n) is 3.82. The molecule has 1 aliphatic rings. The van der Waals surface area contributed by atoms with Crippen LogP contribution < -0.4 is 4.90 Å². The number of amides is 2. The van der Waals surface area contributed by atoms with Gasteiger partial charge in [-0.2, -0.15) is 0 Å². The van der Waals surface area contributed by atoms with E-state index < -0.39 is 17.6 Å². The van der Waals surface area contributed by atoms with Gasteiger partial charge in [-0.25, -0.2) is 4.90 Å². The van der Waals surface area contributed by atoms with Gasteiger partial charge < -0.3 is 0 Å². The smallest absolute Gasteiger partial charge is 0.283 e. The summed E-state index contributed by atoms with van der Waals surface area (Å²) in [5.41, 5.74) is 1.96. The molecular formula is C18H15NO3. The van der Waals surface area contributed by atoms with Crippen LogP contribution >= 0.6 is 0 Å². The van der Waals surface area contributed by atoms with E-state index in [9.17, 15) is 14.4 Å². The number of carbonyl (C=O) groups is 3. The van der Waals surface area contributed by atoms with Crippen LogP contribution in [0.4, 0.5) is 5.69 Å². The van der Waals surface area contributed by atoms with E-state index in [4.69, 9.17) is 0 Å². The lowest BCUT2D eigenvalue weighted by atomic mass is 9.96. The van der Waals surface area contributed by atoms with Crippen LogP contribution in [-0.2, 0) is 4.79 Å². The number of carbonyl (C=O) groups excluding carboxylic acids is 3. The molecule has 0 saturated carbocycles. The summed E-state index contributed by atoms with van der Waals surface area (Å²) in [5, 5.41) is 0. The van der Waals surface area contributed by atoms with Crippen molar-refractivity contribution in [1.82, 2.24) is 0 Å². The molecule has 2 aromatic carbocycles. The third kappa shape index (κ3) is 2.13. The Morgan fingerprint density at radius 1 is 0.773 bits per heavy atom. The monoisotopic (exact) mass is 293 g/mol. The Bertz CT molecular complexity index is 775. The first-order valence-electron chi connectivity index (χ1n) is 7.13. The van der Waals surface area contributed by atoms with E-state index in [1.54, 1.807) is 30.3 Å². The molecule has 2 amide bonds. The van der Waals surface area contributed by atoms with E-state index in [0.717, 1.165) is 10.5 Å². The minimum atomic E-state index is -0.805. The van der Waals surface area contributed by atoms with Gasteiger partial charge in [0.05, 0.1) is 11.3 Å². The maximum Gasteiger partial charge on any atom is 0.306 e. The average molecular weight is 293 g/mol. The lowest BCUT2D eigenvalue weighted by Crippen LogP contribution is -2.46. The van der Waals surface area contributed by atoms with Crippen molar-refractivity contribution in [1.29, 1.82) is 0 Å². The molecule has 0 bridgehead atoms. The molecule has 2 aromatic rings. The fourth-order valence-electron chi connectivity index (χ4n) is 2.54. The summed E-state index contributed by atoms with van der Waals surface area (Å²) in [7, 11) is 0. The number of nitrogens with zero attached hydrogens (tertiary/aromatic N) is 1. The van der Waals surface area contributed by atoms with Crippen molar-refractivity contribution in [3.05, 3.63) is 65.2 Å². The number of Topliss-reactive ketones (excluding diaryl/α,β-unsaturated/α-hetero) is 1. The molecule has 3 rings (SSSR count). The van der Waals surface area contributed by atoms with Gasteiger partial charge in [-0.1, -0.05) is 44.2 Å². The number of fused-ring (bicyclic) bond motifs is 1. The van der Waals surface area contributed by atoms with Gasteiger partial charge in [0.2, 0.25) is 0 Å². The molecule has 22 heavy (non-hydrogen) atoms. The first-order chi connectivity index (χ1) is 10.5. The number of benzene rings is 2. The van der Waals surface area contributed by atoms with E-state index in [2.05, 4.69) is 13.8 Å². The van der Waals surface area contributed by atoms with Crippen molar-refractivity contribution in [3.63, 3.8) is 0 Å². The first kappa shape index (κ1) is 14.2. The minimum Gasteiger partial charge on any atom is -0.283 e. The van der Waals surface area contributed by atoms with Crippen LogP contribution in [0.15, 0.2) is 48.5 Å². The third-order valence-corrected chi connectivity index (χ3v) is 3.82. The lowest BCUT2D eigenvalue weighted by molar-refractivity contribution is -0.114. The minimum absolute atomic E-state index is 0.174. The normalized spacial score (nSPS) is 14.5. The Morgan fingerprint density at radius 2 is 1.36 bits per heavy atom. The zero-order valence-corrected chi connectivity index (χ0v) is 12.4. The van der Waals surface area contributed by atoms with E-state index in [-0.39, 0.29) is 11.1 Å². The number of anilines is 1. The first-order valence-corrected chi connectivity index (χ1v) is 7.13. The van der Waals surface area contributed by atoms with Crippen molar-refractivity contribution in [2.75, 3.05) is 4.90 Å². The zero-order valence-electron chi connectivity index (χ0n) is 12.4. The van der Waals surface area contributed by atoms with Gasteiger partial charge in [-0.15, -0.1) is 0 Å². The molecule has 0 atom stereocenters. The maximum atomic E-state index is 12.5. The van der Waals surface area contributed by atoms with Crippen LogP contribution in [0.25, 0.3) is 0 Å². The number of hydrogen-bond donors (Lipinski definition) is 0. The van der Waals surface area contributed by atoms with Crippen molar-refractivity contribution in [3.8, 4) is 0 Å². The van der Waals surface area contributed by atoms with Crippen LogP contribution in [0.3, 0.4) is 0 Å². The van der Waals surface area contributed by atoms with Crippen LogP contribution in [0, 0.1) is 0 Å². The van der Waals surface area contributed by atoms with Crippen LogP contribution in [0.5, 0.6) is 0 Å². The highest BCUT2D eigenvalue weighted by Gasteiger charge is 2.38. The second kappa shape index (κ2) is 5.22. The standard InChI is InChI=1S/C18H15NO3/c1-11(2)12-7-9-13(10-8-12)19-17(21)15-6-4-3-5-14(15)16(20)18(19)22/h3-11H,1-2H3. The number of hydrogen-bond acceptors (Lipinski definition) is 3. The van der Waals surface area contributed by atoms with Gasteiger partial charge in [0, 0.05) is 5.56 Å². The Labute approximate surface area is 128 Å². The summed E-state index contributed by atoms with van der Waals surface area (Å²) in [5.74, 6) is -1.56. The van der Waals surface area contributed by atoms with Crippen molar-refractivity contribution in [2.24, 2.45) is 0 Å². The molecule has 4 nitrogen and oxygen atoms in total. The summed E-state index contributed by atoms with van der Waals surface area (Å²) < 4.78 is 0. The highest BCUT2D eigenvalue weighted by atomic mass is 16.2. The van der Waals surface area contributed by atoms with Gasteiger partial charge in [0.1, 0.15) is 0 Å². The second-order valence-corrected chi connectivity index (χ2v) is 5.57. The van der Waals surface area contributed by atoms with Crippen LogP contribution in [0.1, 0.15) is 46.0 Å². The molecular weight excluding hydrogens is 278 g/mol. The van der Waals surface area contributed by atoms with E-state index >= 15 is 0 Å². The fraction of sp³-hybridized carbons (Fsp3) is 0.167. The molecule has 1 heterocycles. The Morgan fingerprint density at radius 3 is 1.95 bits per heavy atom. The second-order valence-electron chi connectivity index (χ2n) is 5.57. The van der Waals surface area contributed by atoms with E-state index in [0.29, 0.717) is 11.6 Å². The summed E-state index contributed by atoms with van der Waals surface area (Å²) in [4.78, 5) is 37.9. The molecule has 0 N–H and O–H groups in total. The molecule has 0 spiro atoms. The largest absolute Gasteiger partial charge is 0.306 e. The Balaban J connectivity index is 2.06. The Hall–Kier alpha value is -2.75. The predicted octanol–water partition coefficient (Wildman–Crippen LogP) is 3.18. The van der Waals surface area contributed by atoms with Crippen molar-refractivity contribution < 1.29 is 14.4 Å². The van der Waals surface area contributed by atoms with Crippen LogP contribution in [0.2, 0.25) is 0 Å². The van der Waals surface area contributed by atoms with E-state index in [1.165, 1.54) is 6.07 Å². The molecule has 0 unspecified atom stereocenters. The summed E-state index contributed by atoms with van der Waals surface area (Å²) in [6, 6.07) is 13.5. The highest BCUT2D eigenvalue weighted by molar-refractivity contribution is 6.55. The zero-order chi connectivity index (χ0) is 15.9. The molecule has 1 aliphatic heterocycles. The van der Waals surface area contributed by atoms with Gasteiger partial charge in [0.25, 0.3) is 11.7 Å². The van der Waals surface area contributed by atoms with Crippen LogP contribution in [-0.4, -0.2) is 17.6 Å². The fourth-order valence-corrected chi connectivity index (χ4v) is 2.54. The number of rotatable bonds is 2. The topological polar surface area (TPSA) is 54.5 Å². The van der Waals surface area contributed by atoms with Gasteiger partial charge in [0.15, 0.2) is 0 Å². The van der Waals surface area contributed by atoms with Crippen molar-refractivity contribution in [2.45, 2.75) is 19.8 Å². The molecule has 0 fully saturated rings. The highest BCUT2D eigenvalue weighted by Crippen LogP contribution is 2.26. The Kier molecular flexibility index (Phi) is 3.37. The molecule has 4 heteroatoms. The molecule has 0 aliphatic carbocycles. The predicted molar refractivity (Wildman–Crippen MR) is 83.1 cm³/mol. The summed E-state index contributed by atoms with van der Waals surface area (Å²) in [6.45, 7) is 4.12. The van der Waals surface area contributed by atoms with Crippen molar-refractivity contribution >= 4 is 23.3 Å². The summed E-state index contributed by atoms with van der Waals surface area (Å²) in [6.07, 6.45) is 0. The quantitative estimate of drug-likeness (QED) is 0.631. The number of imide groups is 1.